The first-order valence-electron chi connectivity index (χ1n) is 7.33. The number of nitrogens with zero attached hydrogens (tertiary/aromatic N) is 1. The summed E-state index contributed by atoms with van der Waals surface area (Å²) in [4.78, 5) is 13.9. The Labute approximate surface area is 143 Å². The zero-order chi connectivity index (χ0) is 15.9. The Kier molecular flexibility index (Phi) is 7.59. The van der Waals surface area contributed by atoms with E-state index in [9.17, 15) is 4.79 Å². The third-order valence-corrected chi connectivity index (χ3v) is 3.52. The summed E-state index contributed by atoms with van der Waals surface area (Å²) in [6.45, 7) is 2.93. The lowest BCUT2D eigenvalue weighted by molar-refractivity contribution is -0.131. The molecule has 0 saturated heterocycles. The zero-order valence-corrected chi connectivity index (χ0v) is 14.3. The van der Waals surface area contributed by atoms with Gasteiger partial charge in [0.1, 0.15) is 18.4 Å². The van der Waals surface area contributed by atoms with Crippen molar-refractivity contribution in [3.8, 4) is 5.75 Å². The first-order chi connectivity index (χ1) is 10.6. The lowest BCUT2D eigenvalue weighted by Gasteiger charge is -2.21. The molecule has 124 valence electrons. The fourth-order valence-corrected chi connectivity index (χ4v) is 2.08. The van der Waals surface area contributed by atoms with Gasteiger partial charge in [0, 0.05) is 7.05 Å². The van der Waals surface area contributed by atoms with E-state index in [1.165, 1.54) is 0 Å². The van der Waals surface area contributed by atoms with Crippen molar-refractivity contribution in [2.75, 3.05) is 20.2 Å². The summed E-state index contributed by atoms with van der Waals surface area (Å²) in [5.41, 5.74) is 8.01. The lowest BCUT2D eigenvalue weighted by Crippen LogP contribution is -2.38. The molecular weight excluding hydrogens is 312 g/mol. The highest BCUT2D eigenvalue weighted by atomic mass is 35.5. The van der Waals surface area contributed by atoms with Crippen molar-refractivity contribution >= 4 is 18.3 Å². The van der Waals surface area contributed by atoms with E-state index in [4.69, 9.17) is 10.5 Å². The largest absolute Gasteiger partial charge is 0.492 e. The standard InChI is InChI=1S/C18H22N2O2.ClH/c1-14-8-10-15(11-9-14)17(19)18(21)20(2)12-13-22-16-6-4-3-5-7-16;/h3-11,17H,12-13,19H2,1-2H3;1H. The van der Waals surface area contributed by atoms with Crippen LogP contribution < -0.4 is 10.5 Å². The number of aryl methyl sites for hydroxylation is 1. The maximum Gasteiger partial charge on any atom is 0.243 e. The average Bonchev–Trinajstić information content (AvgIpc) is 2.55. The third-order valence-electron chi connectivity index (χ3n) is 3.52. The molecule has 1 amide bonds. The Morgan fingerprint density at radius 3 is 2.35 bits per heavy atom. The smallest absolute Gasteiger partial charge is 0.243 e. The van der Waals surface area contributed by atoms with Crippen LogP contribution in [0.1, 0.15) is 17.2 Å². The lowest BCUT2D eigenvalue weighted by atomic mass is 10.1. The van der Waals surface area contributed by atoms with Gasteiger partial charge < -0.3 is 15.4 Å². The topological polar surface area (TPSA) is 55.6 Å². The Hall–Kier alpha value is -2.04. The van der Waals surface area contributed by atoms with Gasteiger partial charge in [-0.2, -0.15) is 0 Å². The van der Waals surface area contributed by atoms with Crippen LogP contribution in [0.5, 0.6) is 5.75 Å². The molecule has 0 aliphatic rings. The molecule has 4 nitrogen and oxygen atoms in total. The minimum absolute atomic E-state index is 0. The molecule has 0 radical (unpaired) electrons. The van der Waals surface area contributed by atoms with Gasteiger partial charge in [0.2, 0.25) is 5.91 Å². The minimum atomic E-state index is -0.637. The second kappa shape index (κ2) is 9.18. The highest BCUT2D eigenvalue weighted by Crippen LogP contribution is 2.14. The molecule has 0 aromatic heterocycles. The van der Waals surface area contributed by atoms with Crippen LogP contribution in [0.15, 0.2) is 54.6 Å². The van der Waals surface area contributed by atoms with Crippen LogP contribution in [0.4, 0.5) is 0 Å². The second-order valence-corrected chi connectivity index (χ2v) is 5.31. The van der Waals surface area contributed by atoms with E-state index in [1.807, 2.05) is 61.5 Å². The van der Waals surface area contributed by atoms with Crippen LogP contribution in [-0.4, -0.2) is 31.0 Å². The van der Waals surface area contributed by atoms with E-state index in [0.717, 1.165) is 16.9 Å². The maximum absolute atomic E-state index is 12.3. The fourth-order valence-electron chi connectivity index (χ4n) is 2.08. The molecule has 0 aliphatic carbocycles. The van der Waals surface area contributed by atoms with Crippen LogP contribution in [0.3, 0.4) is 0 Å². The van der Waals surface area contributed by atoms with E-state index in [-0.39, 0.29) is 18.3 Å². The quantitative estimate of drug-likeness (QED) is 0.883. The molecule has 0 fully saturated rings. The van der Waals surface area contributed by atoms with E-state index >= 15 is 0 Å². The summed E-state index contributed by atoms with van der Waals surface area (Å²) in [5.74, 6) is 0.687. The van der Waals surface area contributed by atoms with Gasteiger partial charge in [0.05, 0.1) is 6.54 Å². The molecule has 0 saturated carbocycles. The highest BCUT2D eigenvalue weighted by molar-refractivity contribution is 5.85. The molecule has 2 N–H and O–H groups in total. The number of likely N-dealkylation sites (N-methyl/N-ethyl adjacent to an activating group) is 1. The predicted octanol–water partition coefficient (Wildman–Crippen LogP) is 2.95. The first-order valence-corrected chi connectivity index (χ1v) is 7.33. The molecular formula is C18H23ClN2O2. The molecule has 1 atom stereocenters. The SMILES string of the molecule is Cc1ccc(C(N)C(=O)N(C)CCOc2ccccc2)cc1.Cl. The number of para-hydroxylation sites is 1. The first kappa shape index (κ1) is 19.0. The van der Waals surface area contributed by atoms with Gasteiger partial charge in [-0.05, 0) is 24.6 Å². The molecule has 1 unspecified atom stereocenters. The van der Waals surface area contributed by atoms with Gasteiger partial charge in [0.25, 0.3) is 0 Å². The van der Waals surface area contributed by atoms with Gasteiger partial charge in [-0.1, -0.05) is 48.0 Å². The Balaban J connectivity index is 0.00000264. The van der Waals surface area contributed by atoms with Crippen molar-refractivity contribution in [3.05, 3.63) is 65.7 Å². The number of nitrogens with two attached hydrogens (primary N) is 1. The molecule has 0 heterocycles. The van der Waals surface area contributed by atoms with Gasteiger partial charge >= 0.3 is 0 Å². The highest BCUT2D eigenvalue weighted by Gasteiger charge is 2.19. The van der Waals surface area contributed by atoms with Gasteiger partial charge in [-0.25, -0.2) is 0 Å². The predicted molar refractivity (Wildman–Crippen MR) is 94.9 cm³/mol. The van der Waals surface area contributed by atoms with Crippen molar-refractivity contribution in [2.24, 2.45) is 5.73 Å². The van der Waals surface area contributed by atoms with Crippen LogP contribution >= 0.6 is 12.4 Å². The monoisotopic (exact) mass is 334 g/mol. The minimum Gasteiger partial charge on any atom is -0.492 e. The van der Waals surface area contributed by atoms with Crippen LogP contribution in [0, 0.1) is 6.92 Å². The average molecular weight is 335 g/mol. The van der Waals surface area contributed by atoms with E-state index in [0.29, 0.717) is 13.2 Å². The summed E-state index contributed by atoms with van der Waals surface area (Å²) in [6.07, 6.45) is 0. The molecule has 2 rings (SSSR count). The van der Waals surface area contributed by atoms with Crippen molar-refractivity contribution in [1.82, 2.24) is 4.90 Å². The van der Waals surface area contributed by atoms with Crippen LogP contribution in [-0.2, 0) is 4.79 Å². The van der Waals surface area contributed by atoms with Crippen molar-refractivity contribution in [1.29, 1.82) is 0 Å². The van der Waals surface area contributed by atoms with Gasteiger partial charge in [0.15, 0.2) is 0 Å². The number of carbonyl (C=O) groups excluding carboxylic acids is 1. The molecule has 2 aromatic carbocycles. The molecule has 0 bridgehead atoms. The summed E-state index contributed by atoms with van der Waals surface area (Å²) in [6, 6.07) is 16.6. The number of carbonyl (C=O) groups is 1. The van der Waals surface area contributed by atoms with E-state index < -0.39 is 6.04 Å². The molecule has 0 aliphatic heterocycles. The fraction of sp³-hybridized carbons (Fsp3) is 0.278. The number of benzene rings is 2. The van der Waals surface area contributed by atoms with Crippen molar-refractivity contribution in [2.45, 2.75) is 13.0 Å². The Morgan fingerprint density at radius 2 is 1.74 bits per heavy atom. The molecule has 5 heteroatoms. The molecule has 0 spiro atoms. The van der Waals surface area contributed by atoms with Crippen LogP contribution in [0.25, 0.3) is 0 Å². The third kappa shape index (κ3) is 5.58. The number of hydrogen-bond acceptors (Lipinski definition) is 3. The Bertz CT molecular complexity index is 602. The van der Waals surface area contributed by atoms with Gasteiger partial charge in [-0.15, -0.1) is 12.4 Å². The van der Waals surface area contributed by atoms with E-state index in [2.05, 4.69) is 0 Å². The summed E-state index contributed by atoms with van der Waals surface area (Å²) >= 11 is 0. The number of halogens is 1. The molecule has 2 aromatic rings. The number of hydrogen-bond donors (Lipinski definition) is 1. The normalized spacial score (nSPS) is 11.3. The number of rotatable bonds is 6. The Morgan fingerprint density at radius 1 is 1.13 bits per heavy atom. The summed E-state index contributed by atoms with van der Waals surface area (Å²) < 4.78 is 5.59. The van der Waals surface area contributed by atoms with E-state index in [1.54, 1.807) is 11.9 Å². The summed E-state index contributed by atoms with van der Waals surface area (Å²) in [7, 11) is 1.74. The van der Waals surface area contributed by atoms with Crippen molar-refractivity contribution < 1.29 is 9.53 Å². The number of amides is 1. The molecule has 23 heavy (non-hydrogen) atoms. The summed E-state index contributed by atoms with van der Waals surface area (Å²) in [5, 5.41) is 0. The number of ether oxygens (including phenoxy) is 1. The maximum atomic E-state index is 12.3. The zero-order valence-electron chi connectivity index (χ0n) is 13.4. The van der Waals surface area contributed by atoms with Crippen molar-refractivity contribution in [3.63, 3.8) is 0 Å². The van der Waals surface area contributed by atoms with Crippen LogP contribution in [0.2, 0.25) is 0 Å². The second-order valence-electron chi connectivity index (χ2n) is 5.31. The van der Waals surface area contributed by atoms with Gasteiger partial charge in [-0.3, -0.25) is 4.79 Å².